The van der Waals surface area contributed by atoms with E-state index in [1.54, 1.807) is 25.1 Å². The number of carbonyl (C=O) groups is 2. The molecular formula is C21H20N2O4. The molecule has 6 nitrogen and oxygen atoms in total. The second-order valence-electron chi connectivity index (χ2n) is 6.17. The van der Waals surface area contributed by atoms with Crippen molar-refractivity contribution < 1.29 is 14.0 Å². The lowest BCUT2D eigenvalue weighted by Gasteiger charge is -2.11. The molecule has 0 saturated carbocycles. The molecule has 0 bridgehead atoms. The molecule has 138 valence electrons. The van der Waals surface area contributed by atoms with Gasteiger partial charge in [-0.1, -0.05) is 36.4 Å². The van der Waals surface area contributed by atoms with Crippen LogP contribution in [0.2, 0.25) is 0 Å². The number of benzene rings is 2. The van der Waals surface area contributed by atoms with Crippen LogP contribution in [-0.4, -0.2) is 24.9 Å². The molecule has 0 aliphatic heterocycles. The quantitative estimate of drug-likeness (QED) is 0.681. The number of nitrogens with one attached hydrogen (secondary N) is 2. The number of hydrogen-bond donors (Lipinski definition) is 2. The van der Waals surface area contributed by atoms with E-state index in [9.17, 15) is 14.4 Å². The summed E-state index contributed by atoms with van der Waals surface area (Å²) < 4.78 is 6.03. The Morgan fingerprint density at radius 2 is 1.67 bits per heavy atom. The molecule has 0 unspecified atom stereocenters. The molecule has 1 aromatic heterocycles. The van der Waals surface area contributed by atoms with E-state index in [2.05, 4.69) is 10.6 Å². The number of fused-ring (bicyclic) bond motifs is 1. The summed E-state index contributed by atoms with van der Waals surface area (Å²) in [4.78, 5) is 36.3. The number of rotatable bonds is 5. The van der Waals surface area contributed by atoms with E-state index in [0.717, 1.165) is 5.56 Å². The number of para-hydroxylation sites is 1. The van der Waals surface area contributed by atoms with Crippen molar-refractivity contribution in [2.45, 2.75) is 13.8 Å². The fraction of sp³-hybridized carbons (Fsp3) is 0.190. The molecule has 0 aliphatic rings. The van der Waals surface area contributed by atoms with E-state index in [-0.39, 0.29) is 34.9 Å². The molecule has 0 radical (unpaired) electrons. The fourth-order valence-corrected chi connectivity index (χ4v) is 2.86. The van der Waals surface area contributed by atoms with Crippen LogP contribution >= 0.6 is 0 Å². The van der Waals surface area contributed by atoms with Gasteiger partial charge in [-0.15, -0.1) is 0 Å². The van der Waals surface area contributed by atoms with Gasteiger partial charge in [0.05, 0.1) is 10.9 Å². The molecule has 2 N–H and O–H groups in total. The highest BCUT2D eigenvalue weighted by Crippen LogP contribution is 2.27. The average molecular weight is 364 g/mol. The molecule has 0 atom stereocenters. The monoisotopic (exact) mass is 364 g/mol. The van der Waals surface area contributed by atoms with Crippen LogP contribution in [0.5, 0.6) is 0 Å². The van der Waals surface area contributed by atoms with Gasteiger partial charge in [0.1, 0.15) is 5.76 Å². The predicted molar refractivity (Wildman–Crippen MR) is 104 cm³/mol. The lowest BCUT2D eigenvalue weighted by molar-refractivity contribution is -0.118. The van der Waals surface area contributed by atoms with Crippen molar-refractivity contribution >= 4 is 22.8 Å². The minimum absolute atomic E-state index is 0.164. The molecule has 6 heteroatoms. The molecular weight excluding hydrogens is 344 g/mol. The third-order valence-corrected chi connectivity index (χ3v) is 4.21. The molecule has 0 spiro atoms. The zero-order valence-electron chi connectivity index (χ0n) is 15.2. The number of amides is 2. The molecule has 0 aliphatic carbocycles. The molecule has 27 heavy (non-hydrogen) atoms. The van der Waals surface area contributed by atoms with Crippen molar-refractivity contribution in [3.05, 3.63) is 69.9 Å². The minimum Gasteiger partial charge on any atom is -0.455 e. The maximum absolute atomic E-state index is 12.8. The molecule has 0 saturated heterocycles. The van der Waals surface area contributed by atoms with Crippen LogP contribution < -0.4 is 16.1 Å². The normalized spacial score (nSPS) is 10.6. The van der Waals surface area contributed by atoms with E-state index in [1.165, 1.54) is 6.92 Å². The summed E-state index contributed by atoms with van der Waals surface area (Å²) in [6.07, 6.45) is 0. The van der Waals surface area contributed by atoms with Gasteiger partial charge in [-0.05, 0) is 19.1 Å². The van der Waals surface area contributed by atoms with Crippen molar-refractivity contribution in [1.82, 2.24) is 10.6 Å². The van der Waals surface area contributed by atoms with Crippen LogP contribution in [0.25, 0.3) is 22.3 Å². The second-order valence-corrected chi connectivity index (χ2v) is 6.17. The van der Waals surface area contributed by atoms with Crippen LogP contribution in [0.4, 0.5) is 0 Å². The Labute approximate surface area is 156 Å². The van der Waals surface area contributed by atoms with Gasteiger partial charge in [-0.2, -0.15) is 0 Å². The van der Waals surface area contributed by atoms with E-state index >= 15 is 0 Å². The molecule has 3 rings (SSSR count). The highest BCUT2D eigenvalue weighted by molar-refractivity contribution is 6.05. The van der Waals surface area contributed by atoms with Gasteiger partial charge < -0.3 is 15.1 Å². The zero-order chi connectivity index (χ0) is 19.4. The topological polar surface area (TPSA) is 88.4 Å². The van der Waals surface area contributed by atoms with E-state index < -0.39 is 0 Å². The van der Waals surface area contributed by atoms with Crippen LogP contribution in [0.15, 0.2) is 57.7 Å². The summed E-state index contributed by atoms with van der Waals surface area (Å²) in [5.74, 6) is -0.0769. The van der Waals surface area contributed by atoms with Gasteiger partial charge in [0, 0.05) is 31.1 Å². The SMILES string of the molecule is CC(=O)NCCNC(=O)c1cccc2c(=O)c(C)c(-c3ccccc3)oc12. The first kappa shape index (κ1) is 18.4. The smallest absolute Gasteiger partial charge is 0.255 e. The Morgan fingerprint density at radius 1 is 0.963 bits per heavy atom. The van der Waals surface area contributed by atoms with Crippen molar-refractivity contribution in [3.63, 3.8) is 0 Å². The van der Waals surface area contributed by atoms with Gasteiger partial charge in [-0.25, -0.2) is 0 Å². The highest BCUT2D eigenvalue weighted by atomic mass is 16.3. The van der Waals surface area contributed by atoms with Crippen LogP contribution in [0, 0.1) is 6.92 Å². The molecule has 2 aromatic carbocycles. The first-order chi connectivity index (χ1) is 13.0. The highest BCUT2D eigenvalue weighted by Gasteiger charge is 2.18. The van der Waals surface area contributed by atoms with Crippen LogP contribution in [0.1, 0.15) is 22.8 Å². The lowest BCUT2D eigenvalue weighted by atomic mass is 10.0. The third kappa shape index (κ3) is 3.89. The van der Waals surface area contributed by atoms with E-state index in [0.29, 0.717) is 23.3 Å². The molecule has 1 heterocycles. The van der Waals surface area contributed by atoms with E-state index in [4.69, 9.17) is 4.42 Å². The van der Waals surface area contributed by atoms with Gasteiger partial charge >= 0.3 is 0 Å². The summed E-state index contributed by atoms with van der Waals surface area (Å²) in [6.45, 7) is 3.73. The van der Waals surface area contributed by atoms with Crippen molar-refractivity contribution in [2.24, 2.45) is 0 Å². The maximum atomic E-state index is 12.8. The van der Waals surface area contributed by atoms with Crippen LogP contribution in [0.3, 0.4) is 0 Å². The summed E-state index contributed by atoms with van der Waals surface area (Å²) in [5.41, 5.74) is 1.64. The predicted octanol–water partition coefficient (Wildman–Crippen LogP) is 2.63. The molecule has 0 fully saturated rings. The second kappa shape index (κ2) is 7.86. The Balaban J connectivity index is 2.02. The number of carbonyl (C=O) groups excluding carboxylic acids is 2. The van der Waals surface area contributed by atoms with Crippen molar-refractivity contribution in [3.8, 4) is 11.3 Å². The van der Waals surface area contributed by atoms with E-state index in [1.807, 2.05) is 30.3 Å². The molecule has 3 aromatic rings. The number of hydrogen-bond acceptors (Lipinski definition) is 4. The molecule has 2 amide bonds. The standard InChI is InChI=1S/C21H20N2O4/c1-13-18(25)16-9-6-10-17(21(26)23-12-11-22-14(2)24)20(16)27-19(13)15-7-4-3-5-8-15/h3-10H,11-12H2,1-2H3,(H,22,24)(H,23,26). The van der Waals surface area contributed by atoms with Crippen molar-refractivity contribution in [2.75, 3.05) is 13.1 Å². The Hall–Kier alpha value is -3.41. The summed E-state index contributed by atoms with van der Waals surface area (Å²) in [6, 6.07) is 14.2. The summed E-state index contributed by atoms with van der Waals surface area (Å²) in [7, 11) is 0. The Morgan fingerprint density at radius 3 is 2.37 bits per heavy atom. The van der Waals surface area contributed by atoms with Crippen LogP contribution in [-0.2, 0) is 4.79 Å². The fourth-order valence-electron chi connectivity index (χ4n) is 2.86. The summed E-state index contributed by atoms with van der Waals surface area (Å²) in [5, 5.41) is 5.70. The summed E-state index contributed by atoms with van der Waals surface area (Å²) >= 11 is 0. The first-order valence-electron chi connectivity index (χ1n) is 8.63. The van der Waals surface area contributed by atoms with Gasteiger partial charge in [-0.3, -0.25) is 14.4 Å². The maximum Gasteiger partial charge on any atom is 0.255 e. The van der Waals surface area contributed by atoms with Gasteiger partial charge in [0.15, 0.2) is 11.0 Å². The third-order valence-electron chi connectivity index (χ3n) is 4.21. The lowest BCUT2D eigenvalue weighted by Crippen LogP contribution is -2.33. The first-order valence-corrected chi connectivity index (χ1v) is 8.63. The van der Waals surface area contributed by atoms with Crippen molar-refractivity contribution in [1.29, 1.82) is 0 Å². The Kier molecular flexibility index (Phi) is 5.35. The average Bonchev–Trinajstić information content (AvgIpc) is 2.68. The Bertz CT molecular complexity index is 1050. The zero-order valence-corrected chi connectivity index (χ0v) is 15.2. The van der Waals surface area contributed by atoms with Gasteiger partial charge in [0.2, 0.25) is 5.91 Å². The minimum atomic E-state index is -0.364. The largest absolute Gasteiger partial charge is 0.455 e. The van der Waals surface area contributed by atoms with Gasteiger partial charge in [0.25, 0.3) is 5.91 Å².